The third-order valence-electron chi connectivity index (χ3n) is 14.0. The number of carbonyl (C=O) groups excluding carboxylic acids is 2. The predicted octanol–water partition coefficient (Wildman–Crippen LogP) is 21.6. The Hall–Kier alpha value is -4.37. The molecule has 0 aromatic carbocycles. The van der Waals surface area contributed by atoms with Crippen LogP contribution < -0.4 is 5.32 Å². The third kappa shape index (κ3) is 63.9. The van der Waals surface area contributed by atoms with Gasteiger partial charge in [-0.15, -0.1) is 0 Å². The summed E-state index contributed by atoms with van der Waals surface area (Å²) in [6.07, 6.45) is 92.5. The zero-order valence-corrected chi connectivity index (χ0v) is 55.9. The molecule has 9 nitrogen and oxygen atoms in total. The number of nitrogens with zero attached hydrogens (tertiary/aromatic N) is 1. The highest BCUT2D eigenvalue weighted by molar-refractivity contribution is 7.47. The summed E-state index contributed by atoms with van der Waals surface area (Å²) in [5.41, 5.74) is 0. The summed E-state index contributed by atoms with van der Waals surface area (Å²) in [6, 6.07) is -0.884. The molecule has 3 atom stereocenters. The van der Waals surface area contributed by atoms with Crippen molar-refractivity contribution in [2.75, 3.05) is 40.9 Å². The molecule has 0 aromatic heterocycles. The van der Waals surface area contributed by atoms with Gasteiger partial charge in [-0.25, -0.2) is 4.57 Å². The number of phosphoric ester groups is 1. The molecule has 0 saturated heterocycles. The van der Waals surface area contributed by atoms with Gasteiger partial charge >= 0.3 is 13.8 Å². The van der Waals surface area contributed by atoms with Crippen LogP contribution in [0.1, 0.15) is 252 Å². The molecule has 482 valence electrons. The van der Waals surface area contributed by atoms with E-state index in [0.717, 1.165) is 141 Å². The van der Waals surface area contributed by atoms with E-state index >= 15 is 0 Å². The maximum absolute atomic E-state index is 13.6. The van der Waals surface area contributed by atoms with Crippen LogP contribution in [0.15, 0.2) is 158 Å². The van der Waals surface area contributed by atoms with Crippen LogP contribution in [0, 0.1) is 0 Å². The number of nitrogens with one attached hydrogen (secondary N) is 1. The van der Waals surface area contributed by atoms with Crippen molar-refractivity contribution in [3.8, 4) is 0 Å². The molecule has 0 heterocycles. The topological polar surface area (TPSA) is 111 Å². The van der Waals surface area contributed by atoms with Crippen molar-refractivity contribution in [3.05, 3.63) is 158 Å². The minimum atomic E-state index is -4.48. The minimum Gasteiger partial charge on any atom is -0.456 e. The predicted molar refractivity (Wildman–Crippen MR) is 368 cm³/mol. The fourth-order valence-corrected chi connectivity index (χ4v) is 9.56. The second kappa shape index (κ2) is 62.7. The minimum absolute atomic E-state index is 0.0221. The quantitative estimate of drug-likeness (QED) is 0.0205. The molecule has 0 spiro atoms. The Bertz CT molecular complexity index is 2010. The average molecular weight is 1200 g/mol. The maximum atomic E-state index is 13.6. The number of hydrogen-bond donors (Lipinski definition) is 2. The molecule has 0 saturated carbocycles. The van der Waals surface area contributed by atoms with Crippen molar-refractivity contribution in [2.45, 2.75) is 264 Å². The molecule has 0 rings (SSSR count). The van der Waals surface area contributed by atoms with Crippen molar-refractivity contribution in [1.29, 1.82) is 0 Å². The van der Waals surface area contributed by atoms with Crippen LogP contribution >= 0.6 is 7.82 Å². The summed E-state index contributed by atoms with van der Waals surface area (Å²) in [5, 5.41) is 3.04. The highest BCUT2D eigenvalue weighted by Gasteiger charge is 2.30. The Morgan fingerprint density at radius 1 is 0.424 bits per heavy atom. The van der Waals surface area contributed by atoms with E-state index in [0.29, 0.717) is 23.9 Å². The van der Waals surface area contributed by atoms with Crippen molar-refractivity contribution in [3.63, 3.8) is 0 Å². The average Bonchev–Trinajstić information content (AvgIpc) is 3.64. The van der Waals surface area contributed by atoms with Crippen LogP contribution in [-0.4, -0.2) is 74.3 Å². The largest absolute Gasteiger partial charge is 0.472 e. The molecule has 0 radical (unpaired) electrons. The summed E-state index contributed by atoms with van der Waals surface area (Å²) in [7, 11) is 1.44. The molecule has 10 heteroatoms. The molecule has 0 fully saturated rings. The molecule has 1 amide bonds. The van der Waals surface area contributed by atoms with Crippen LogP contribution in [0.3, 0.4) is 0 Å². The van der Waals surface area contributed by atoms with Crippen LogP contribution in [0.4, 0.5) is 0 Å². The van der Waals surface area contributed by atoms with Crippen molar-refractivity contribution < 1.29 is 37.3 Å². The van der Waals surface area contributed by atoms with E-state index in [9.17, 15) is 19.0 Å². The van der Waals surface area contributed by atoms with Gasteiger partial charge < -0.3 is 19.4 Å². The second-order valence-electron chi connectivity index (χ2n) is 23.2. The van der Waals surface area contributed by atoms with Gasteiger partial charge in [-0.1, -0.05) is 263 Å². The van der Waals surface area contributed by atoms with Crippen LogP contribution in [0.5, 0.6) is 0 Å². The first-order chi connectivity index (χ1) is 41.4. The standard InChI is InChI=1S/C75H125N2O7P/c1-7-10-13-16-19-22-25-27-29-31-33-35-36-37-38-39-40-42-43-45-47-49-52-55-58-61-64-67-74(78)76-72(71-83-85(80,81)82-70-69-77(4,5)6)73(66-63-60-57-54-51-24-21-18-15-12-9-3)84-75(79)68-65-62-59-56-53-50-48-46-44-41-34-32-30-28-26-23-20-17-14-11-8-2/h10-11,13-14,19-20,22-23,27-30,33-35,37-38,40-42,46,48,53,56,63,66,72-73H,7-9,12,15-18,21,24-26,31-32,36,39,43-45,47,49-52,54-55,57-62,64-65,67-71H2,1-6H3,(H-,76,78,80,81)/p+1/b13-10-,14-11-,22-19-,23-20-,29-27-,30-28-,35-33-,38-37-,41-34-,42-40-,48-46-,56-53-,66-63-. The number of allylic oxidation sites excluding steroid dienone is 25. The van der Waals surface area contributed by atoms with Gasteiger partial charge in [0.15, 0.2) is 0 Å². The van der Waals surface area contributed by atoms with Crippen molar-refractivity contribution in [1.82, 2.24) is 5.32 Å². The first-order valence-electron chi connectivity index (χ1n) is 33.8. The van der Waals surface area contributed by atoms with Gasteiger partial charge in [0, 0.05) is 12.8 Å². The lowest BCUT2D eigenvalue weighted by Gasteiger charge is -2.27. The lowest BCUT2D eigenvalue weighted by atomic mass is 10.0. The number of amides is 1. The van der Waals surface area contributed by atoms with Crippen molar-refractivity contribution >= 4 is 19.7 Å². The lowest BCUT2D eigenvalue weighted by molar-refractivity contribution is -0.870. The van der Waals surface area contributed by atoms with Gasteiger partial charge in [-0.05, 0) is 134 Å². The van der Waals surface area contributed by atoms with Gasteiger partial charge in [-0.2, -0.15) is 0 Å². The summed E-state index contributed by atoms with van der Waals surface area (Å²) in [4.78, 5) is 37.8. The van der Waals surface area contributed by atoms with E-state index in [1.54, 1.807) is 0 Å². The van der Waals surface area contributed by atoms with Crippen LogP contribution in [0.2, 0.25) is 0 Å². The molecule has 0 aromatic rings. The van der Waals surface area contributed by atoms with Gasteiger partial charge in [0.2, 0.25) is 5.91 Å². The Kier molecular flexibility index (Phi) is 59.5. The van der Waals surface area contributed by atoms with E-state index in [2.05, 4.69) is 172 Å². The molecule has 0 aliphatic heterocycles. The fraction of sp³-hybridized carbons (Fsp3) is 0.627. The Labute approximate surface area is 522 Å². The van der Waals surface area contributed by atoms with Crippen LogP contribution in [-0.2, 0) is 27.9 Å². The number of quaternary nitrogens is 1. The van der Waals surface area contributed by atoms with E-state index in [1.165, 1.54) is 70.6 Å². The fourth-order valence-electron chi connectivity index (χ4n) is 8.83. The smallest absolute Gasteiger partial charge is 0.456 e. The third-order valence-corrected chi connectivity index (χ3v) is 14.9. The number of carbonyl (C=O) groups is 2. The van der Waals surface area contributed by atoms with E-state index in [-0.39, 0.29) is 31.5 Å². The number of unbranched alkanes of at least 4 members (excludes halogenated alkanes) is 19. The molecule has 0 bridgehead atoms. The second-order valence-corrected chi connectivity index (χ2v) is 24.7. The Morgan fingerprint density at radius 2 is 0.753 bits per heavy atom. The number of esters is 1. The number of hydrogen-bond acceptors (Lipinski definition) is 6. The zero-order chi connectivity index (χ0) is 62.1. The number of likely N-dealkylation sites (N-methyl/N-ethyl adjacent to an activating group) is 1. The van der Waals surface area contributed by atoms with Gasteiger partial charge in [-0.3, -0.25) is 18.6 Å². The summed E-state index contributed by atoms with van der Waals surface area (Å²) in [5.74, 6) is -0.578. The Balaban J connectivity index is 5.19. The molecule has 85 heavy (non-hydrogen) atoms. The summed E-state index contributed by atoms with van der Waals surface area (Å²) >= 11 is 0. The van der Waals surface area contributed by atoms with E-state index < -0.39 is 20.0 Å². The highest BCUT2D eigenvalue weighted by atomic mass is 31.2. The molecular weight excluding hydrogens is 1070 g/mol. The van der Waals surface area contributed by atoms with Gasteiger partial charge in [0.25, 0.3) is 0 Å². The maximum Gasteiger partial charge on any atom is 0.472 e. The SMILES string of the molecule is CC/C=C\C/C=C\C/C=C\C/C=C\C/C=C\C/C=C\CCCCCCCCCCC(=O)NC(COP(=O)(O)OCC[N+](C)(C)C)C(/C=C\CCCCCCCCCCC)OC(=O)CCCC/C=C\C/C=C\C/C=C\C/C=C\C/C=C\C/C=C\CC. The molecule has 2 N–H and O–H groups in total. The van der Waals surface area contributed by atoms with Crippen molar-refractivity contribution in [2.24, 2.45) is 0 Å². The number of phosphoric acid groups is 1. The molecule has 0 aliphatic rings. The van der Waals surface area contributed by atoms with Gasteiger partial charge in [0.1, 0.15) is 19.3 Å². The zero-order valence-electron chi connectivity index (χ0n) is 55.0. The number of ether oxygens (including phenoxy) is 1. The first kappa shape index (κ1) is 80.6. The van der Waals surface area contributed by atoms with E-state index in [4.69, 9.17) is 13.8 Å². The highest BCUT2D eigenvalue weighted by Crippen LogP contribution is 2.43. The normalized spacial score (nSPS) is 14.6. The summed E-state index contributed by atoms with van der Waals surface area (Å²) < 4.78 is 30.7. The molecule has 0 aliphatic carbocycles. The molecule has 3 unspecified atom stereocenters. The van der Waals surface area contributed by atoms with Gasteiger partial charge in [0.05, 0.1) is 33.8 Å². The molecular formula is C75H126N2O7P+. The lowest BCUT2D eigenvalue weighted by Crippen LogP contribution is -2.47. The first-order valence-corrected chi connectivity index (χ1v) is 35.3. The van der Waals surface area contributed by atoms with E-state index in [1.807, 2.05) is 33.3 Å². The summed E-state index contributed by atoms with van der Waals surface area (Å²) in [6.45, 7) is 6.72. The van der Waals surface area contributed by atoms with Crippen LogP contribution in [0.25, 0.3) is 0 Å². The Morgan fingerprint density at radius 3 is 1.14 bits per heavy atom. The number of rotatable bonds is 59. The monoisotopic (exact) mass is 1200 g/mol.